The van der Waals surface area contributed by atoms with Gasteiger partial charge in [0.1, 0.15) is 0 Å². The zero-order chi connectivity index (χ0) is 10.4. The molecule has 0 aliphatic heterocycles. The normalized spacial score (nSPS) is 10.8. The van der Waals surface area contributed by atoms with Crippen LogP contribution in [0, 0.1) is 6.92 Å². The van der Waals surface area contributed by atoms with Gasteiger partial charge in [0.2, 0.25) is 0 Å². The number of rotatable bonds is 6. The van der Waals surface area contributed by atoms with Crippen LogP contribution in [-0.2, 0) is 6.54 Å². The van der Waals surface area contributed by atoms with Gasteiger partial charge in [0, 0.05) is 12.7 Å². The van der Waals surface area contributed by atoms with Crippen LogP contribution in [0.5, 0.6) is 0 Å². The Labute approximate surface area is 90.4 Å². The molecule has 0 saturated heterocycles. The molecule has 1 aromatic heterocycles. The highest BCUT2D eigenvalue weighted by Crippen LogP contribution is 2.12. The van der Waals surface area contributed by atoms with Gasteiger partial charge in [-0.2, -0.15) is 5.10 Å². The summed E-state index contributed by atoms with van der Waals surface area (Å²) in [6.45, 7) is 7.14. The molecular formula is C10H18ClN3. The van der Waals surface area contributed by atoms with Crippen LogP contribution >= 0.6 is 11.6 Å². The largest absolute Gasteiger partial charge is 0.317 e. The standard InChI is InChI=1S/C10H18ClN3/c1-3-12-6-4-5-7-14-8-10(11)9(2)13-14/h8,12H,3-7H2,1-2H3. The van der Waals surface area contributed by atoms with E-state index in [-0.39, 0.29) is 0 Å². The molecule has 4 heteroatoms. The number of aromatic nitrogens is 2. The molecule has 0 aliphatic rings. The Morgan fingerprint density at radius 3 is 2.86 bits per heavy atom. The fourth-order valence-corrected chi connectivity index (χ4v) is 1.46. The van der Waals surface area contributed by atoms with Crippen molar-refractivity contribution in [1.82, 2.24) is 15.1 Å². The summed E-state index contributed by atoms with van der Waals surface area (Å²) in [7, 11) is 0. The maximum atomic E-state index is 5.90. The second kappa shape index (κ2) is 6.04. The second-order valence-corrected chi connectivity index (χ2v) is 3.79. The van der Waals surface area contributed by atoms with E-state index >= 15 is 0 Å². The molecule has 0 spiro atoms. The van der Waals surface area contributed by atoms with Gasteiger partial charge in [-0.15, -0.1) is 0 Å². The third-order valence-electron chi connectivity index (χ3n) is 2.13. The van der Waals surface area contributed by atoms with E-state index in [4.69, 9.17) is 11.6 Å². The molecule has 14 heavy (non-hydrogen) atoms. The number of unbranched alkanes of at least 4 members (excludes halogenated alkanes) is 1. The molecule has 1 heterocycles. The van der Waals surface area contributed by atoms with Crippen LogP contribution in [0.4, 0.5) is 0 Å². The van der Waals surface area contributed by atoms with Gasteiger partial charge in [-0.3, -0.25) is 4.68 Å². The first kappa shape index (κ1) is 11.5. The summed E-state index contributed by atoms with van der Waals surface area (Å²) in [5, 5.41) is 8.35. The molecule has 1 N–H and O–H groups in total. The molecule has 1 aromatic rings. The van der Waals surface area contributed by atoms with E-state index in [2.05, 4.69) is 17.3 Å². The lowest BCUT2D eigenvalue weighted by Crippen LogP contribution is -2.14. The zero-order valence-corrected chi connectivity index (χ0v) is 9.64. The Morgan fingerprint density at radius 2 is 2.29 bits per heavy atom. The molecule has 0 fully saturated rings. The summed E-state index contributed by atoms with van der Waals surface area (Å²) in [6.07, 6.45) is 4.22. The van der Waals surface area contributed by atoms with Gasteiger partial charge in [-0.25, -0.2) is 0 Å². The number of aryl methyl sites for hydroxylation is 2. The molecule has 1 rings (SSSR count). The molecule has 0 radical (unpaired) electrons. The van der Waals surface area contributed by atoms with Crippen LogP contribution in [-0.4, -0.2) is 22.9 Å². The Kier molecular flexibility index (Phi) is 4.98. The number of nitrogens with zero attached hydrogens (tertiary/aromatic N) is 2. The third kappa shape index (κ3) is 3.68. The van der Waals surface area contributed by atoms with Crippen molar-refractivity contribution in [3.8, 4) is 0 Å². The smallest absolute Gasteiger partial charge is 0.0814 e. The summed E-state index contributed by atoms with van der Waals surface area (Å²) in [5.41, 5.74) is 0.915. The summed E-state index contributed by atoms with van der Waals surface area (Å²) in [4.78, 5) is 0. The monoisotopic (exact) mass is 215 g/mol. The van der Waals surface area contributed by atoms with Crippen molar-refractivity contribution in [2.45, 2.75) is 33.2 Å². The molecule has 0 unspecified atom stereocenters. The number of hydrogen-bond donors (Lipinski definition) is 1. The summed E-state index contributed by atoms with van der Waals surface area (Å²) in [5.74, 6) is 0. The van der Waals surface area contributed by atoms with Crippen molar-refractivity contribution >= 4 is 11.6 Å². The molecule has 0 amide bonds. The van der Waals surface area contributed by atoms with E-state index in [1.165, 1.54) is 6.42 Å². The van der Waals surface area contributed by atoms with E-state index in [9.17, 15) is 0 Å². The lowest BCUT2D eigenvalue weighted by atomic mass is 10.3. The second-order valence-electron chi connectivity index (χ2n) is 3.39. The van der Waals surface area contributed by atoms with Gasteiger partial charge in [-0.05, 0) is 32.9 Å². The lowest BCUT2D eigenvalue weighted by molar-refractivity contribution is 0.538. The van der Waals surface area contributed by atoms with Crippen LogP contribution in [0.1, 0.15) is 25.5 Å². The van der Waals surface area contributed by atoms with E-state index in [0.29, 0.717) is 0 Å². The quantitative estimate of drug-likeness (QED) is 0.738. The van der Waals surface area contributed by atoms with Crippen molar-refractivity contribution in [3.05, 3.63) is 16.9 Å². The van der Waals surface area contributed by atoms with E-state index in [1.54, 1.807) is 0 Å². The number of halogens is 1. The molecule has 0 atom stereocenters. The molecule has 0 saturated carbocycles. The van der Waals surface area contributed by atoms with Crippen LogP contribution < -0.4 is 5.32 Å². The van der Waals surface area contributed by atoms with Crippen molar-refractivity contribution in [2.75, 3.05) is 13.1 Å². The van der Waals surface area contributed by atoms with Gasteiger partial charge in [-0.1, -0.05) is 18.5 Å². The van der Waals surface area contributed by atoms with Crippen molar-refractivity contribution in [1.29, 1.82) is 0 Å². The van der Waals surface area contributed by atoms with Gasteiger partial charge in [0.25, 0.3) is 0 Å². The summed E-state index contributed by atoms with van der Waals surface area (Å²) in [6, 6.07) is 0. The number of hydrogen-bond acceptors (Lipinski definition) is 2. The molecular weight excluding hydrogens is 198 g/mol. The summed E-state index contributed by atoms with van der Waals surface area (Å²) < 4.78 is 1.92. The summed E-state index contributed by atoms with van der Waals surface area (Å²) >= 11 is 5.90. The molecule has 3 nitrogen and oxygen atoms in total. The van der Waals surface area contributed by atoms with Gasteiger partial charge in [0.15, 0.2) is 0 Å². The minimum absolute atomic E-state index is 0.761. The van der Waals surface area contributed by atoms with Crippen molar-refractivity contribution < 1.29 is 0 Å². The molecule has 0 aliphatic carbocycles. The first-order chi connectivity index (χ1) is 6.74. The predicted molar refractivity (Wildman–Crippen MR) is 59.8 cm³/mol. The van der Waals surface area contributed by atoms with Gasteiger partial charge < -0.3 is 5.32 Å². The van der Waals surface area contributed by atoms with Crippen molar-refractivity contribution in [2.24, 2.45) is 0 Å². The average Bonchev–Trinajstić information content (AvgIpc) is 2.46. The minimum Gasteiger partial charge on any atom is -0.317 e. The highest BCUT2D eigenvalue weighted by molar-refractivity contribution is 6.31. The minimum atomic E-state index is 0.761. The first-order valence-electron chi connectivity index (χ1n) is 5.14. The molecule has 0 aromatic carbocycles. The van der Waals surface area contributed by atoms with E-state index in [1.807, 2.05) is 17.8 Å². The van der Waals surface area contributed by atoms with Crippen LogP contribution in [0.25, 0.3) is 0 Å². The zero-order valence-electron chi connectivity index (χ0n) is 8.89. The fourth-order valence-electron chi connectivity index (χ4n) is 1.31. The molecule has 80 valence electrons. The van der Waals surface area contributed by atoms with E-state index < -0.39 is 0 Å². The maximum Gasteiger partial charge on any atom is 0.0814 e. The Bertz CT molecular complexity index is 251. The topological polar surface area (TPSA) is 29.9 Å². The van der Waals surface area contributed by atoms with Gasteiger partial charge >= 0.3 is 0 Å². The van der Waals surface area contributed by atoms with Crippen LogP contribution in [0.15, 0.2) is 6.20 Å². The van der Waals surface area contributed by atoms with Crippen LogP contribution in [0.3, 0.4) is 0 Å². The number of nitrogens with one attached hydrogen (secondary N) is 1. The van der Waals surface area contributed by atoms with Crippen molar-refractivity contribution in [3.63, 3.8) is 0 Å². The first-order valence-corrected chi connectivity index (χ1v) is 5.52. The Hall–Kier alpha value is -0.540. The Balaban J connectivity index is 2.18. The Morgan fingerprint density at radius 1 is 1.50 bits per heavy atom. The van der Waals surface area contributed by atoms with Crippen LogP contribution in [0.2, 0.25) is 5.02 Å². The third-order valence-corrected chi connectivity index (χ3v) is 2.50. The van der Waals surface area contributed by atoms with E-state index in [0.717, 1.165) is 36.8 Å². The lowest BCUT2D eigenvalue weighted by Gasteiger charge is -2.02. The maximum absolute atomic E-state index is 5.90. The SMILES string of the molecule is CCNCCCCn1cc(Cl)c(C)n1. The highest BCUT2D eigenvalue weighted by Gasteiger charge is 2.00. The molecule has 0 bridgehead atoms. The highest BCUT2D eigenvalue weighted by atomic mass is 35.5. The fraction of sp³-hybridized carbons (Fsp3) is 0.700. The van der Waals surface area contributed by atoms with Gasteiger partial charge in [0.05, 0.1) is 10.7 Å². The average molecular weight is 216 g/mol. The predicted octanol–water partition coefficient (Wildman–Crippen LogP) is 2.23.